The lowest BCUT2D eigenvalue weighted by atomic mass is 10.1. The molecule has 0 aliphatic carbocycles. The van der Waals surface area contributed by atoms with Crippen LogP contribution in [0, 0.1) is 0 Å². The van der Waals surface area contributed by atoms with E-state index in [0.717, 1.165) is 16.9 Å². The molecule has 0 bridgehead atoms. The van der Waals surface area contributed by atoms with Gasteiger partial charge in [0.2, 0.25) is 0 Å². The first-order valence-electron chi connectivity index (χ1n) is 7.07. The monoisotopic (exact) mass is 290 g/mol. The summed E-state index contributed by atoms with van der Waals surface area (Å²) in [7, 11) is 0. The van der Waals surface area contributed by atoms with E-state index in [9.17, 15) is 4.79 Å². The quantitative estimate of drug-likeness (QED) is 0.727. The van der Waals surface area contributed by atoms with E-state index in [-0.39, 0.29) is 11.9 Å². The topological polar surface area (TPSA) is 59.0 Å². The maximum Gasteiger partial charge on any atom is 0.266 e. The number of hydrogen-bond acceptors (Lipinski definition) is 3. The van der Waals surface area contributed by atoms with Crippen molar-refractivity contribution in [1.82, 2.24) is 20.4 Å². The molecular formula is C17H14N4O. The van der Waals surface area contributed by atoms with E-state index in [1.54, 1.807) is 24.5 Å². The normalized spacial score (nSPS) is 15.2. The molecule has 0 spiro atoms. The Hall–Kier alpha value is -2.92. The highest BCUT2D eigenvalue weighted by molar-refractivity contribution is 5.93. The summed E-state index contributed by atoms with van der Waals surface area (Å²) in [6, 6.07) is 15.6. The van der Waals surface area contributed by atoms with Crippen molar-refractivity contribution in [3.8, 4) is 5.69 Å². The number of carbonyl (C=O) groups is 1. The standard InChI is InChI=1S/C17H14N4O/c22-17(12-5-3-9-18-11-12)20-19-16-13-6-1-2-7-14(13)21-10-4-8-15(16)21/h1-11,16,19H,(H,20,22). The minimum absolute atomic E-state index is 0.0631. The molecule has 0 fully saturated rings. The molecule has 1 amide bonds. The van der Waals surface area contributed by atoms with Crippen molar-refractivity contribution in [2.45, 2.75) is 6.04 Å². The number of pyridine rings is 1. The second kappa shape index (κ2) is 5.13. The SMILES string of the molecule is O=C(NNC1c2ccccc2-n2cccc21)c1cccnc1. The first-order valence-corrected chi connectivity index (χ1v) is 7.07. The van der Waals surface area contributed by atoms with E-state index >= 15 is 0 Å². The average molecular weight is 290 g/mol. The molecule has 108 valence electrons. The van der Waals surface area contributed by atoms with Crippen molar-refractivity contribution in [2.24, 2.45) is 0 Å². The Morgan fingerprint density at radius 2 is 2.00 bits per heavy atom. The number of hydrogen-bond donors (Lipinski definition) is 2. The van der Waals surface area contributed by atoms with Crippen LogP contribution in [0.1, 0.15) is 27.7 Å². The summed E-state index contributed by atoms with van der Waals surface area (Å²) in [4.78, 5) is 16.1. The van der Waals surface area contributed by atoms with E-state index in [1.165, 1.54) is 0 Å². The van der Waals surface area contributed by atoms with E-state index in [2.05, 4.69) is 32.5 Å². The number of para-hydroxylation sites is 1. The zero-order valence-corrected chi connectivity index (χ0v) is 11.7. The van der Waals surface area contributed by atoms with E-state index in [1.807, 2.05) is 30.5 Å². The molecule has 1 unspecified atom stereocenters. The lowest BCUT2D eigenvalue weighted by molar-refractivity contribution is 0.0928. The van der Waals surface area contributed by atoms with Gasteiger partial charge in [-0.25, -0.2) is 5.43 Å². The number of benzene rings is 1. The third-order valence-corrected chi connectivity index (χ3v) is 3.84. The Morgan fingerprint density at radius 1 is 1.09 bits per heavy atom. The van der Waals surface area contributed by atoms with Crippen LogP contribution in [0.3, 0.4) is 0 Å². The molecule has 5 heteroatoms. The molecular weight excluding hydrogens is 276 g/mol. The van der Waals surface area contributed by atoms with Crippen molar-refractivity contribution in [2.75, 3.05) is 0 Å². The van der Waals surface area contributed by atoms with Crippen molar-refractivity contribution in [3.05, 3.63) is 83.9 Å². The predicted octanol–water partition coefficient (Wildman–Crippen LogP) is 2.21. The Kier molecular flexibility index (Phi) is 2.98. The fourth-order valence-corrected chi connectivity index (χ4v) is 2.82. The Bertz CT molecular complexity index is 825. The van der Waals surface area contributed by atoms with Crippen molar-refractivity contribution in [1.29, 1.82) is 0 Å². The van der Waals surface area contributed by atoms with Crippen molar-refractivity contribution in [3.63, 3.8) is 0 Å². The van der Waals surface area contributed by atoms with Gasteiger partial charge in [-0.05, 0) is 30.3 Å². The first-order chi connectivity index (χ1) is 10.8. The molecule has 4 rings (SSSR count). The van der Waals surface area contributed by atoms with Gasteiger partial charge in [0.1, 0.15) is 0 Å². The van der Waals surface area contributed by atoms with Crippen LogP contribution in [-0.4, -0.2) is 15.5 Å². The number of nitrogens with one attached hydrogen (secondary N) is 2. The summed E-state index contributed by atoms with van der Waals surface area (Å²) in [5, 5.41) is 0. The van der Waals surface area contributed by atoms with Crippen LogP contribution in [0.15, 0.2) is 67.1 Å². The minimum Gasteiger partial charge on any atom is -0.319 e. The molecule has 0 saturated carbocycles. The number of nitrogens with zero attached hydrogens (tertiary/aromatic N) is 2. The van der Waals surface area contributed by atoms with Crippen molar-refractivity contribution >= 4 is 5.91 Å². The number of amides is 1. The summed E-state index contributed by atoms with van der Waals surface area (Å²) in [5.41, 5.74) is 9.81. The first kappa shape index (κ1) is 12.8. The molecule has 22 heavy (non-hydrogen) atoms. The molecule has 3 heterocycles. The Balaban J connectivity index is 1.58. The fourth-order valence-electron chi connectivity index (χ4n) is 2.82. The molecule has 0 saturated heterocycles. The van der Waals surface area contributed by atoms with E-state index in [4.69, 9.17) is 0 Å². The highest BCUT2D eigenvalue weighted by atomic mass is 16.2. The summed E-state index contributed by atoms with van der Waals surface area (Å²) >= 11 is 0. The highest BCUT2D eigenvalue weighted by Crippen LogP contribution is 2.35. The van der Waals surface area contributed by atoms with Gasteiger partial charge in [-0.2, -0.15) is 0 Å². The second-order valence-corrected chi connectivity index (χ2v) is 5.14. The Morgan fingerprint density at radius 3 is 2.86 bits per heavy atom. The Labute approximate surface area is 127 Å². The number of aromatic nitrogens is 2. The number of rotatable bonds is 3. The number of carbonyl (C=O) groups excluding carboxylic acids is 1. The zero-order chi connectivity index (χ0) is 14.9. The maximum atomic E-state index is 12.1. The third kappa shape index (κ3) is 1.99. The smallest absolute Gasteiger partial charge is 0.266 e. The van der Waals surface area contributed by atoms with Gasteiger partial charge < -0.3 is 4.57 Å². The lowest BCUT2D eigenvalue weighted by Gasteiger charge is -2.15. The van der Waals surface area contributed by atoms with Crippen LogP contribution in [-0.2, 0) is 0 Å². The van der Waals surface area contributed by atoms with Crippen LogP contribution in [0.5, 0.6) is 0 Å². The van der Waals surface area contributed by atoms with Gasteiger partial charge >= 0.3 is 0 Å². The number of hydrazine groups is 1. The third-order valence-electron chi connectivity index (χ3n) is 3.84. The van der Waals surface area contributed by atoms with E-state index < -0.39 is 0 Å². The molecule has 5 nitrogen and oxygen atoms in total. The molecule has 0 radical (unpaired) electrons. The van der Waals surface area contributed by atoms with Gasteiger partial charge in [0, 0.05) is 29.8 Å². The van der Waals surface area contributed by atoms with Gasteiger partial charge in [0.05, 0.1) is 17.3 Å². The van der Waals surface area contributed by atoms with Gasteiger partial charge in [0.15, 0.2) is 0 Å². The summed E-state index contributed by atoms with van der Waals surface area (Å²) < 4.78 is 2.13. The molecule has 1 aliphatic heterocycles. The summed E-state index contributed by atoms with van der Waals surface area (Å²) in [6.07, 6.45) is 5.21. The number of fused-ring (bicyclic) bond motifs is 3. The average Bonchev–Trinajstić information content (AvgIpc) is 3.15. The van der Waals surface area contributed by atoms with Crippen LogP contribution in [0.4, 0.5) is 0 Å². The fraction of sp³-hybridized carbons (Fsp3) is 0.0588. The zero-order valence-electron chi connectivity index (χ0n) is 11.7. The summed E-state index contributed by atoms with van der Waals surface area (Å²) in [6.45, 7) is 0. The summed E-state index contributed by atoms with van der Waals surface area (Å²) in [5.74, 6) is -0.199. The van der Waals surface area contributed by atoms with Crippen LogP contribution in [0.25, 0.3) is 5.69 Å². The van der Waals surface area contributed by atoms with Crippen LogP contribution in [0.2, 0.25) is 0 Å². The van der Waals surface area contributed by atoms with Crippen LogP contribution >= 0.6 is 0 Å². The van der Waals surface area contributed by atoms with Crippen LogP contribution < -0.4 is 10.9 Å². The minimum atomic E-state index is -0.199. The molecule has 2 N–H and O–H groups in total. The molecule has 1 atom stereocenters. The molecule has 1 aromatic carbocycles. The van der Waals surface area contributed by atoms with Gasteiger partial charge in [-0.1, -0.05) is 18.2 Å². The van der Waals surface area contributed by atoms with Gasteiger partial charge in [-0.3, -0.25) is 15.2 Å². The van der Waals surface area contributed by atoms with Gasteiger partial charge in [0.25, 0.3) is 5.91 Å². The molecule has 2 aromatic heterocycles. The van der Waals surface area contributed by atoms with Gasteiger partial charge in [-0.15, -0.1) is 0 Å². The maximum absolute atomic E-state index is 12.1. The van der Waals surface area contributed by atoms with E-state index in [0.29, 0.717) is 5.56 Å². The second-order valence-electron chi connectivity index (χ2n) is 5.14. The molecule has 3 aromatic rings. The largest absolute Gasteiger partial charge is 0.319 e. The lowest BCUT2D eigenvalue weighted by Crippen LogP contribution is -2.39. The van der Waals surface area contributed by atoms with Crippen molar-refractivity contribution < 1.29 is 4.79 Å². The predicted molar refractivity (Wildman–Crippen MR) is 82.5 cm³/mol. The highest BCUT2D eigenvalue weighted by Gasteiger charge is 2.28. The molecule has 1 aliphatic rings.